The Hall–Kier alpha value is -2.51. The molecule has 5 nitrogen and oxygen atoms in total. The largest absolute Gasteiger partial charge is 0.338 e. The van der Waals surface area contributed by atoms with Crippen molar-refractivity contribution in [2.24, 2.45) is 0 Å². The quantitative estimate of drug-likeness (QED) is 0.821. The van der Waals surface area contributed by atoms with Gasteiger partial charge in [-0.1, -0.05) is 12.1 Å². The SMILES string of the molecule is O=C(NCCc1ccc(F)cc1)NCC(C(F)F)n1cccn1. The number of hydrogen-bond donors (Lipinski definition) is 2. The van der Waals surface area contributed by atoms with E-state index in [-0.39, 0.29) is 12.4 Å². The lowest BCUT2D eigenvalue weighted by atomic mass is 10.1. The lowest BCUT2D eigenvalue weighted by Gasteiger charge is -2.17. The zero-order valence-corrected chi connectivity index (χ0v) is 12.3. The summed E-state index contributed by atoms with van der Waals surface area (Å²) in [6.45, 7) is 0.0836. The van der Waals surface area contributed by atoms with E-state index in [9.17, 15) is 18.0 Å². The number of rotatable bonds is 7. The number of carbonyl (C=O) groups is 1. The molecule has 2 amide bonds. The van der Waals surface area contributed by atoms with Gasteiger partial charge in [0, 0.05) is 25.5 Å². The average molecular weight is 326 g/mol. The fourth-order valence-electron chi connectivity index (χ4n) is 2.01. The fraction of sp³-hybridized carbons (Fsp3) is 0.333. The molecular weight excluding hydrogens is 309 g/mol. The van der Waals surface area contributed by atoms with Crippen molar-refractivity contribution in [1.82, 2.24) is 20.4 Å². The molecule has 124 valence electrons. The van der Waals surface area contributed by atoms with Crippen LogP contribution in [0.4, 0.5) is 18.0 Å². The number of nitrogens with one attached hydrogen (secondary N) is 2. The number of hydrogen-bond acceptors (Lipinski definition) is 2. The van der Waals surface area contributed by atoms with Crippen molar-refractivity contribution >= 4 is 6.03 Å². The van der Waals surface area contributed by atoms with Gasteiger partial charge in [0.1, 0.15) is 11.9 Å². The molecule has 0 saturated carbocycles. The molecule has 1 aromatic heterocycles. The summed E-state index contributed by atoms with van der Waals surface area (Å²) in [5.74, 6) is -0.323. The Morgan fingerprint density at radius 2 is 1.96 bits per heavy atom. The van der Waals surface area contributed by atoms with Crippen LogP contribution in [0.5, 0.6) is 0 Å². The van der Waals surface area contributed by atoms with E-state index in [1.54, 1.807) is 12.1 Å². The molecule has 0 aliphatic rings. The Bertz CT molecular complexity index is 602. The zero-order chi connectivity index (χ0) is 16.7. The highest BCUT2D eigenvalue weighted by Crippen LogP contribution is 2.14. The summed E-state index contributed by atoms with van der Waals surface area (Å²) in [6, 6.07) is 5.72. The van der Waals surface area contributed by atoms with Crippen molar-refractivity contribution < 1.29 is 18.0 Å². The van der Waals surface area contributed by atoms with Gasteiger partial charge in [0.2, 0.25) is 0 Å². The zero-order valence-electron chi connectivity index (χ0n) is 12.3. The van der Waals surface area contributed by atoms with E-state index in [0.717, 1.165) is 10.2 Å². The summed E-state index contributed by atoms with van der Waals surface area (Å²) in [7, 11) is 0. The van der Waals surface area contributed by atoms with Gasteiger partial charge in [-0.25, -0.2) is 18.0 Å². The smallest absolute Gasteiger partial charge is 0.314 e. The third-order valence-electron chi connectivity index (χ3n) is 3.24. The van der Waals surface area contributed by atoms with E-state index < -0.39 is 18.5 Å². The average Bonchev–Trinajstić information content (AvgIpc) is 3.03. The Kier molecular flexibility index (Phi) is 6.02. The van der Waals surface area contributed by atoms with Gasteiger partial charge in [-0.2, -0.15) is 5.10 Å². The number of nitrogens with zero attached hydrogens (tertiary/aromatic N) is 2. The maximum absolute atomic E-state index is 13.0. The van der Waals surface area contributed by atoms with Crippen molar-refractivity contribution in [1.29, 1.82) is 0 Å². The van der Waals surface area contributed by atoms with Crippen molar-refractivity contribution in [3.8, 4) is 0 Å². The van der Waals surface area contributed by atoms with Gasteiger partial charge in [-0.3, -0.25) is 4.68 Å². The number of amides is 2. The van der Waals surface area contributed by atoms with E-state index in [1.807, 2.05) is 0 Å². The van der Waals surface area contributed by atoms with Crippen LogP contribution in [0.1, 0.15) is 11.6 Å². The molecule has 23 heavy (non-hydrogen) atoms. The molecule has 0 saturated heterocycles. The predicted octanol–water partition coefficient (Wildman–Crippen LogP) is 2.37. The minimum Gasteiger partial charge on any atom is -0.338 e. The first-order valence-corrected chi connectivity index (χ1v) is 7.09. The van der Waals surface area contributed by atoms with Gasteiger partial charge in [-0.05, 0) is 30.2 Å². The molecular formula is C15H17F3N4O. The highest BCUT2D eigenvalue weighted by atomic mass is 19.3. The van der Waals surface area contributed by atoms with E-state index >= 15 is 0 Å². The summed E-state index contributed by atoms with van der Waals surface area (Å²) in [5.41, 5.74) is 0.869. The normalized spacial score (nSPS) is 12.2. The van der Waals surface area contributed by atoms with Crippen molar-refractivity contribution in [2.45, 2.75) is 18.9 Å². The van der Waals surface area contributed by atoms with Crippen LogP contribution >= 0.6 is 0 Å². The van der Waals surface area contributed by atoms with Crippen LogP contribution in [0.2, 0.25) is 0 Å². The number of benzene rings is 1. The number of aromatic nitrogens is 2. The molecule has 0 aliphatic carbocycles. The molecule has 0 spiro atoms. The van der Waals surface area contributed by atoms with Gasteiger partial charge in [0.15, 0.2) is 0 Å². The minimum atomic E-state index is -2.64. The molecule has 0 aliphatic heterocycles. The molecule has 1 atom stereocenters. The Morgan fingerprint density at radius 1 is 1.22 bits per heavy atom. The molecule has 8 heteroatoms. The Balaban J connectivity index is 1.73. The molecule has 2 aromatic rings. The summed E-state index contributed by atoms with van der Waals surface area (Å²) < 4.78 is 39.8. The van der Waals surface area contributed by atoms with Crippen LogP contribution < -0.4 is 10.6 Å². The van der Waals surface area contributed by atoms with Crippen LogP contribution in [0.3, 0.4) is 0 Å². The lowest BCUT2D eigenvalue weighted by molar-refractivity contribution is 0.0771. The van der Waals surface area contributed by atoms with Crippen LogP contribution in [0.25, 0.3) is 0 Å². The second kappa shape index (κ2) is 8.21. The first-order chi connectivity index (χ1) is 11.1. The monoisotopic (exact) mass is 326 g/mol. The second-order valence-electron chi connectivity index (χ2n) is 4.90. The predicted molar refractivity (Wildman–Crippen MR) is 78.8 cm³/mol. The standard InChI is InChI=1S/C15H17F3N4O/c16-12-4-2-11(3-5-12)6-8-19-15(23)20-10-13(14(17)18)22-9-1-7-21-22/h1-5,7,9,13-14H,6,8,10H2,(H2,19,20,23). The minimum absolute atomic E-state index is 0.234. The molecule has 0 bridgehead atoms. The molecule has 1 unspecified atom stereocenters. The molecule has 2 rings (SSSR count). The highest BCUT2D eigenvalue weighted by molar-refractivity contribution is 5.73. The summed E-state index contributed by atoms with van der Waals surface area (Å²) in [5, 5.41) is 8.72. The molecule has 1 aromatic carbocycles. The second-order valence-corrected chi connectivity index (χ2v) is 4.90. The highest BCUT2D eigenvalue weighted by Gasteiger charge is 2.23. The van der Waals surface area contributed by atoms with Gasteiger partial charge in [0.05, 0.1) is 0 Å². The fourth-order valence-corrected chi connectivity index (χ4v) is 2.01. The molecule has 1 heterocycles. The van der Waals surface area contributed by atoms with Crippen molar-refractivity contribution in [2.75, 3.05) is 13.1 Å². The summed E-state index contributed by atoms with van der Waals surface area (Å²) >= 11 is 0. The lowest BCUT2D eigenvalue weighted by Crippen LogP contribution is -2.41. The summed E-state index contributed by atoms with van der Waals surface area (Å²) in [6.07, 6.45) is 0.697. The first-order valence-electron chi connectivity index (χ1n) is 7.09. The molecule has 0 fully saturated rings. The van der Waals surface area contributed by atoms with E-state index in [1.165, 1.54) is 30.6 Å². The van der Waals surface area contributed by atoms with Crippen LogP contribution in [-0.4, -0.2) is 35.3 Å². The third kappa shape index (κ3) is 5.32. The third-order valence-corrected chi connectivity index (χ3v) is 3.24. The number of alkyl halides is 2. The first kappa shape index (κ1) is 16.9. The number of urea groups is 1. The van der Waals surface area contributed by atoms with Crippen molar-refractivity contribution in [3.05, 3.63) is 54.1 Å². The van der Waals surface area contributed by atoms with Crippen LogP contribution in [-0.2, 0) is 6.42 Å². The van der Waals surface area contributed by atoms with Gasteiger partial charge in [-0.15, -0.1) is 0 Å². The van der Waals surface area contributed by atoms with Crippen LogP contribution in [0, 0.1) is 5.82 Å². The topological polar surface area (TPSA) is 59.0 Å². The van der Waals surface area contributed by atoms with E-state index in [2.05, 4.69) is 15.7 Å². The van der Waals surface area contributed by atoms with Crippen molar-refractivity contribution in [3.63, 3.8) is 0 Å². The van der Waals surface area contributed by atoms with Gasteiger partial charge >= 0.3 is 6.03 Å². The maximum Gasteiger partial charge on any atom is 0.314 e. The van der Waals surface area contributed by atoms with Gasteiger partial charge in [0.25, 0.3) is 6.43 Å². The Morgan fingerprint density at radius 3 is 2.57 bits per heavy atom. The van der Waals surface area contributed by atoms with E-state index in [4.69, 9.17) is 0 Å². The Labute approximate surface area is 131 Å². The maximum atomic E-state index is 13.0. The number of halogens is 3. The van der Waals surface area contributed by atoms with Gasteiger partial charge < -0.3 is 10.6 Å². The molecule has 2 N–H and O–H groups in total. The number of carbonyl (C=O) groups excluding carboxylic acids is 1. The van der Waals surface area contributed by atoms with Crippen LogP contribution in [0.15, 0.2) is 42.7 Å². The van der Waals surface area contributed by atoms with E-state index in [0.29, 0.717) is 13.0 Å². The summed E-state index contributed by atoms with van der Waals surface area (Å²) in [4.78, 5) is 11.6. The molecule has 0 radical (unpaired) electrons.